The van der Waals surface area contributed by atoms with Crippen LogP contribution in [-0.4, -0.2) is 40.8 Å². The number of methoxy groups -OCH3 is 3. The van der Waals surface area contributed by atoms with Crippen molar-refractivity contribution in [2.24, 2.45) is 0 Å². The second kappa shape index (κ2) is 7.31. The second-order valence-electron chi connectivity index (χ2n) is 4.84. The number of carboxylic acid groups (broad SMARTS) is 1. The van der Waals surface area contributed by atoms with Crippen LogP contribution < -0.4 is 18.9 Å². The molecule has 0 aliphatic carbocycles. The smallest absolute Gasteiger partial charge is 0.337 e. The number of hydrogen-bond acceptors (Lipinski definition) is 6. The lowest BCUT2D eigenvalue weighted by molar-refractivity contribution is 0.0697. The normalized spacial score (nSPS) is 10.8. The van der Waals surface area contributed by atoms with E-state index in [1.54, 1.807) is 0 Å². The number of carbonyl (C=O) groups is 1. The van der Waals surface area contributed by atoms with Crippen molar-refractivity contribution in [3.8, 4) is 17.2 Å². The first-order valence-electron chi connectivity index (χ1n) is 6.98. The summed E-state index contributed by atoms with van der Waals surface area (Å²) in [5, 5.41) is 9.34. The number of sulfonamides is 1. The van der Waals surface area contributed by atoms with E-state index < -0.39 is 16.0 Å². The highest BCUT2D eigenvalue weighted by Gasteiger charge is 2.21. The molecule has 0 aliphatic rings. The second-order valence-corrected chi connectivity index (χ2v) is 6.52. The van der Waals surface area contributed by atoms with Crippen molar-refractivity contribution in [3.05, 3.63) is 42.0 Å². The fraction of sp³-hybridized carbons (Fsp3) is 0.188. The van der Waals surface area contributed by atoms with Crippen LogP contribution in [0.25, 0.3) is 0 Å². The average Bonchev–Trinajstić information content (AvgIpc) is 2.60. The number of rotatable bonds is 7. The number of ether oxygens (including phenoxy) is 3. The lowest BCUT2D eigenvalue weighted by Gasteiger charge is -2.14. The summed E-state index contributed by atoms with van der Waals surface area (Å²) in [5.41, 5.74) is -0.407. The highest BCUT2D eigenvalue weighted by Crippen LogP contribution is 2.34. The van der Waals surface area contributed by atoms with Gasteiger partial charge in [0.15, 0.2) is 11.5 Å². The SMILES string of the molecule is COc1ccc(S(=O)(=O)Nc2cc(OC)c(OC)cc2C(=O)O)cc1. The van der Waals surface area contributed by atoms with Gasteiger partial charge in [-0.15, -0.1) is 0 Å². The summed E-state index contributed by atoms with van der Waals surface area (Å²) in [4.78, 5) is 11.4. The van der Waals surface area contributed by atoms with E-state index in [2.05, 4.69) is 4.72 Å². The van der Waals surface area contributed by atoms with Gasteiger partial charge in [0.25, 0.3) is 10.0 Å². The number of hydrogen-bond donors (Lipinski definition) is 2. The summed E-state index contributed by atoms with van der Waals surface area (Å²) in [6.45, 7) is 0. The minimum atomic E-state index is -4.00. The molecule has 2 rings (SSSR count). The first-order chi connectivity index (χ1) is 11.8. The third-order valence-corrected chi connectivity index (χ3v) is 4.75. The van der Waals surface area contributed by atoms with Crippen LogP contribution in [0.15, 0.2) is 41.3 Å². The predicted octanol–water partition coefficient (Wildman–Crippen LogP) is 2.21. The van der Waals surface area contributed by atoms with Gasteiger partial charge in [-0.3, -0.25) is 4.72 Å². The van der Waals surface area contributed by atoms with Gasteiger partial charge < -0.3 is 19.3 Å². The molecule has 2 aromatic rings. The van der Waals surface area contributed by atoms with Gasteiger partial charge in [-0.1, -0.05) is 0 Å². The van der Waals surface area contributed by atoms with E-state index in [4.69, 9.17) is 14.2 Å². The van der Waals surface area contributed by atoms with Gasteiger partial charge >= 0.3 is 5.97 Å². The molecule has 2 aromatic carbocycles. The van der Waals surface area contributed by atoms with Crippen LogP contribution in [0.2, 0.25) is 0 Å². The van der Waals surface area contributed by atoms with Crippen LogP contribution in [0.3, 0.4) is 0 Å². The number of nitrogens with one attached hydrogen (secondary N) is 1. The van der Waals surface area contributed by atoms with Gasteiger partial charge in [0.1, 0.15) is 5.75 Å². The molecule has 0 atom stereocenters. The lowest BCUT2D eigenvalue weighted by Crippen LogP contribution is -2.16. The van der Waals surface area contributed by atoms with E-state index in [1.807, 2.05) is 0 Å². The molecule has 0 bridgehead atoms. The van der Waals surface area contributed by atoms with E-state index in [9.17, 15) is 18.3 Å². The maximum Gasteiger partial charge on any atom is 0.337 e. The van der Waals surface area contributed by atoms with Gasteiger partial charge in [0, 0.05) is 12.1 Å². The third kappa shape index (κ3) is 3.94. The van der Waals surface area contributed by atoms with Crippen molar-refractivity contribution in [1.82, 2.24) is 0 Å². The van der Waals surface area contributed by atoms with Crippen molar-refractivity contribution in [3.63, 3.8) is 0 Å². The number of anilines is 1. The third-order valence-electron chi connectivity index (χ3n) is 3.37. The van der Waals surface area contributed by atoms with Crippen molar-refractivity contribution >= 4 is 21.7 Å². The molecule has 134 valence electrons. The van der Waals surface area contributed by atoms with Crippen LogP contribution >= 0.6 is 0 Å². The molecule has 0 heterocycles. The zero-order chi connectivity index (χ0) is 18.6. The van der Waals surface area contributed by atoms with Gasteiger partial charge in [0.2, 0.25) is 0 Å². The van der Waals surface area contributed by atoms with Crippen LogP contribution in [0.4, 0.5) is 5.69 Å². The van der Waals surface area contributed by atoms with E-state index in [0.717, 1.165) is 0 Å². The van der Waals surface area contributed by atoms with Gasteiger partial charge in [0.05, 0.1) is 37.5 Å². The molecular weight excluding hydrogens is 350 g/mol. The molecule has 25 heavy (non-hydrogen) atoms. The highest BCUT2D eigenvalue weighted by molar-refractivity contribution is 7.92. The van der Waals surface area contributed by atoms with Crippen LogP contribution in [0.1, 0.15) is 10.4 Å². The Balaban J connectivity index is 2.48. The molecule has 0 saturated heterocycles. The summed E-state index contributed by atoms with van der Waals surface area (Å²) in [7, 11) is 0.172. The van der Waals surface area contributed by atoms with Crippen molar-refractivity contribution in [2.75, 3.05) is 26.1 Å². The first kappa shape index (κ1) is 18.4. The Morgan fingerprint density at radius 2 is 1.52 bits per heavy atom. The molecule has 0 aliphatic heterocycles. The topological polar surface area (TPSA) is 111 Å². The molecular formula is C16H17NO7S. The Bertz CT molecular complexity index is 876. The quantitative estimate of drug-likeness (QED) is 0.772. The molecule has 0 saturated carbocycles. The number of aromatic carboxylic acids is 1. The van der Waals surface area contributed by atoms with Crippen molar-refractivity contribution < 1.29 is 32.5 Å². The molecule has 9 heteroatoms. The maximum absolute atomic E-state index is 12.5. The number of benzene rings is 2. The van der Waals surface area contributed by atoms with E-state index in [0.29, 0.717) is 5.75 Å². The summed E-state index contributed by atoms with van der Waals surface area (Å²) in [5.74, 6) is -0.447. The Morgan fingerprint density at radius 3 is 2.00 bits per heavy atom. The predicted molar refractivity (Wildman–Crippen MR) is 90.3 cm³/mol. The highest BCUT2D eigenvalue weighted by atomic mass is 32.2. The molecule has 0 spiro atoms. The van der Waals surface area contributed by atoms with Gasteiger partial charge in [-0.25, -0.2) is 13.2 Å². The summed E-state index contributed by atoms with van der Waals surface area (Å²) in [6.07, 6.45) is 0. The monoisotopic (exact) mass is 367 g/mol. The van der Waals surface area contributed by atoms with E-state index in [1.165, 1.54) is 57.7 Å². The van der Waals surface area contributed by atoms with E-state index >= 15 is 0 Å². The minimum absolute atomic E-state index is 0.0422. The first-order valence-corrected chi connectivity index (χ1v) is 8.47. The standard InChI is InChI=1S/C16H17NO7S/c1-22-10-4-6-11(7-5-10)25(20,21)17-13-9-15(24-3)14(23-2)8-12(13)16(18)19/h4-9,17H,1-3H3,(H,18,19). The fourth-order valence-corrected chi connectivity index (χ4v) is 3.17. The minimum Gasteiger partial charge on any atom is -0.497 e. The molecule has 0 fully saturated rings. The zero-order valence-corrected chi connectivity index (χ0v) is 14.6. The van der Waals surface area contributed by atoms with Crippen LogP contribution in [0, 0.1) is 0 Å². The van der Waals surface area contributed by atoms with Gasteiger partial charge in [-0.2, -0.15) is 0 Å². The number of carboxylic acids is 1. The summed E-state index contributed by atoms with van der Waals surface area (Å²) in [6, 6.07) is 8.11. The fourth-order valence-electron chi connectivity index (χ4n) is 2.10. The summed E-state index contributed by atoms with van der Waals surface area (Å²) >= 11 is 0. The Morgan fingerprint density at radius 1 is 0.960 bits per heavy atom. The molecule has 0 unspecified atom stereocenters. The molecule has 2 N–H and O–H groups in total. The lowest BCUT2D eigenvalue weighted by atomic mass is 10.1. The van der Waals surface area contributed by atoms with Crippen LogP contribution in [-0.2, 0) is 10.0 Å². The van der Waals surface area contributed by atoms with E-state index in [-0.39, 0.29) is 27.6 Å². The molecule has 8 nitrogen and oxygen atoms in total. The molecule has 0 radical (unpaired) electrons. The Kier molecular flexibility index (Phi) is 5.38. The Hall–Kier alpha value is -2.94. The average molecular weight is 367 g/mol. The van der Waals surface area contributed by atoms with Gasteiger partial charge in [-0.05, 0) is 24.3 Å². The molecule has 0 amide bonds. The zero-order valence-electron chi connectivity index (χ0n) is 13.8. The van der Waals surface area contributed by atoms with Crippen molar-refractivity contribution in [1.29, 1.82) is 0 Å². The van der Waals surface area contributed by atoms with Crippen LogP contribution in [0.5, 0.6) is 17.2 Å². The Labute approximate surface area is 145 Å². The van der Waals surface area contributed by atoms with Crippen molar-refractivity contribution in [2.45, 2.75) is 4.90 Å². The molecule has 0 aromatic heterocycles. The summed E-state index contributed by atoms with van der Waals surface area (Å²) < 4.78 is 42.4. The maximum atomic E-state index is 12.5. The largest absolute Gasteiger partial charge is 0.497 e.